The second kappa shape index (κ2) is 5.98. The molecule has 1 N–H and O–H groups in total. The van der Waals surface area contributed by atoms with Gasteiger partial charge >= 0.3 is 0 Å². The predicted octanol–water partition coefficient (Wildman–Crippen LogP) is 0.727. The summed E-state index contributed by atoms with van der Waals surface area (Å²) in [4.78, 5) is 16.1. The predicted molar refractivity (Wildman–Crippen MR) is 73.9 cm³/mol. The first-order valence-electron chi connectivity index (χ1n) is 6.42. The Bertz CT molecular complexity index is 417. The summed E-state index contributed by atoms with van der Waals surface area (Å²) in [6, 6.07) is 8.15. The maximum Gasteiger partial charge on any atom is 0.240 e. The van der Waals surface area contributed by atoms with E-state index >= 15 is 0 Å². The first kappa shape index (κ1) is 13.1. The van der Waals surface area contributed by atoms with Crippen LogP contribution in [0.1, 0.15) is 5.56 Å². The third kappa shape index (κ3) is 3.09. The van der Waals surface area contributed by atoms with Gasteiger partial charge in [0.05, 0.1) is 6.54 Å². The van der Waals surface area contributed by atoms with Gasteiger partial charge in [-0.2, -0.15) is 0 Å². The maximum absolute atomic E-state index is 12.1. The third-order valence-electron chi connectivity index (χ3n) is 3.20. The molecule has 4 heteroatoms. The van der Waals surface area contributed by atoms with E-state index < -0.39 is 0 Å². The first-order valence-corrected chi connectivity index (χ1v) is 6.42. The van der Waals surface area contributed by atoms with E-state index in [4.69, 9.17) is 0 Å². The fourth-order valence-corrected chi connectivity index (χ4v) is 2.19. The van der Waals surface area contributed by atoms with Crippen LogP contribution in [0, 0.1) is 0 Å². The number of benzene rings is 1. The molecule has 0 aromatic heterocycles. The number of amides is 1. The summed E-state index contributed by atoms with van der Waals surface area (Å²) in [7, 11) is 4.06. The molecular formula is C14H21N3O. The van der Waals surface area contributed by atoms with Crippen LogP contribution in [-0.4, -0.2) is 51.1 Å². The molecule has 1 aliphatic rings. The van der Waals surface area contributed by atoms with Gasteiger partial charge in [-0.05, 0) is 32.1 Å². The molecule has 1 aromatic rings. The molecule has 0 bridgehead atoms. The summed E-state index contributed by atoms with van der Waals surface area (Å²) < 4.78 is 0. The summed E-state index contributed by atoms with van der Waals surface area (Å²) in [5.41, 5.74) is 2.36. The zero-order chi connectivity index (χ0) is 13.0. The lowest BCUT2D eigenvalue weighted by Crippen LogP contribution is -2.39. The Morgan fingerprint density at radius 1 is 1.39 bits per heavy atom. The van der Waals surface area contributed by atoms with Crippen molar-refractivity contribution in [3.05, 3.63) is 29.8 Å². The smallest absolute Gasteiger partial charge is 0.240 e. The SMILES string of the molecule is CN(C)CCNCC(=O)N1CCc2ccccc21. The molecule has 0 radical (unpaired) electrons. The number of likely N-dealkylation sites (N-methyl/N-ethyl adjacent to an activating group) is 1. The summed E-state index contributed by atoms with van der Waals surface area (Å²) in [6.45, 7) is 3.02. The second-order valence-electron chi connectivity index (χ2n) is 4.90. The number of nitrogens with zero attached hydrogens (tertiary/aromatic N) is 2. The molecule has 0 atom stereocenters. The lowest BCUT2D eigenvalue weighted by Gasteiger charge is -2.18. The molecular weight excluding hydrogens is 226 g/mol. The molecule has 18 heavy (non-hydrogen) atoms. The highest BCUT2D eigenvalue weighted by atomic mass is 16.2. The molecule has 0 aliphatic carbocycles. The van der Waals surface area contributed by atoms with E-state index in [2.05, 4.69) is 16.3 Å². The monoisotopic (exact) mass is 247 g/mol. The number of anilines is 1. The van der Waals surface area contributed by atoms with Gasteiger partial charge in [0.2, 0.25) is 5.91 Å². The average Bonchev–Trinajstić information content (AvgIpc) is 2.78. The zero-order valence-electron chi connectivity index (χ0n) is 11.1. The van der Waals surface area contributed by atoms with Crippen LogP contribution in [-0.2, 0) is 11.2 Å². The van der Waals surface area contributed by atoms with Crippen LogP contribution in [0.2, 0.25) is 0 Å². The topological polar surface area (TPSA) is 35.6 Å². The van der Waals surface area contributed by atoms with E-state index in [1.54, 1.807) is 0 Å². The number of fused-ring (bicyclic) bond motifs is 1. The zero-order valence-corrected chi connectivity index (χ0v) is 11.1. The molecule has 0 fully saturated rings. The van der Waals surface area contributed by atoms with Crippen molar-refractivity contribution in [2.24, 2.45) is 0 Å². The van der Waals surface area contributed by atoms with Crippen molar-refractivity contribution in [2.45, 2.75) is 6.42 Å². The fraction of sp³-hybridized carbons (Fsp3) is 0.500. The minimum Gasteiger partial charge on any atom is -0.311 e. The number of para-hydroxylation sites is 1. The minimum atomic E-state index is 0.165. The lowest BCUT2D eigenvalue weighted by molar-refractivity contribution is -0.117. The van der Waals surface area contributed by atoms with E-state index in [9.17, 15) is 4.79 Å². The van der Waals surface area contributed by atoms with Gasteiger partial charge in [0.25, 0.3) is 0 Å². The molecule has 0 unspecified atom stereocenters. The average molecular weight is 247 g/mol. The van der Waals surface area contributed by atoms with Crippen LogP contribution < -0.4 is 10.2 Å². The van der Waals surface area contributed by atoms with Crippen LogP contribution in [0.25, 0.3) is 0 Å². The normalized spacial score (nSPS) is 14.1. The summed E-state index contributed by atoms with van der Waals surface area (Å²) in [6.07, 6.45) is 0.972. The molecule has 0 saturated heterocycles. The highest BCUT2D eigenvalue weighted by Crippen LogP contribution is 2.27. The Hall–Kier alpha value is -1.39. The number of nitrogens with one attached hydrogen (secondary N) is 1. The van der Waals surface area contributed by atoms with Gasteiger partial charge in [-0.3, -0.25) is 4.79 Å². The standard InChI is InChI=1S/C14H21N3O/c1-16(2)10-8-15-11-14(18)17-9-7-12-5-3-4-6-13(12)17/h3-6,15H,7-11H2,1-2H3. The molecule has 4 nitrogen and oxygen atoms in total. The van der Waals surface area contributed by atoms with E-state index in [1.807, 2.05) is 37.2 Å². The molecule has 1 amide bonds. The van der Waals surface area contributed by atoms with Gasteiger partial charge < -0.3 is 15.1 Å². The van der Waals surface area contributed by atoms with Gasteiger partial charge in [0, 0.05) is 25.3 Å². The van der Waals surface area contributed by atoms with Crippen LogP contribution in [0.4, 0.5) is 5.69 Å². The number of carbonyl (C=O) groups is 1. The Labute approximate surface area is 109 Å². The maximum atomic E-state index is 12.1. The number of hydrogen-bond donors (Lipinski definition) is 1. The molecule has 1 aliphatic heterocycles. The largest absolute Gasteiger partial charge is 0.311 e. The Kier molecular flexibility index (Phi) is 4.33. The van der Waals surface area contributed by atoms with Crippen LogP contribution in [0.15, 0.2) is 24.3 Å². The second-order valence-corrected chi connectivity index (χ2v) is 4.90. The minimum absolute atomic E-state index is 0.165. The quantitative estimate of drug-likeness (QED) is 0.779. The van der Waals surface area contributed by atoms with Crippen molar-refractivity contribution in [3.8, 4) is 0 Å². The van der Waals surface area contributed by atoms with Gasteiger partial charge in [0.1, 0.15) is 0 Å². The van der Waals surface area contributed by atoms with Crippen molar-refractivity contribution in [1.82, 2.24) is 10.2 Å². The molecule has 1 heterocycles. The number of rotatable bonds is 5. The summed E-state index contributed by atoms with van der Waals surface area (Å²) in [5.74, 6) is 0.165. The van der Waals surface area contributed by atoms with Gasteiger partial charge in [0.15, 0.2) is 0 Å². The third-order valence-corrected chi connectivity index (χ3v) is 3.20. The molecule has 0 spiro atoms. The fourth-order valence-electron chi connectivity index (χ4n) is 2.19. The van der Waals surface area contributed by atoms with Crippen LogP contribution in [0.5, 0.6) is 0 Å². The lowest BCUT2D eigenvalue weighted by atomic mass is 10.2. The van der Waals surface area contributed by atoms with Crippen molar-refractivity contribution in [3.63, 3.8) is 0 Å². The molecule has 1 aromatic carbocycles. The van der Waals surface area contributed by atoms with Crippen molar-refractivity contribution >= 4 is 11.6 Å². The van der Waals surface area contributed by atoms with Crippen molar-refractivity contribution < 1.29 is 4.79 Å². The van der Waals surface area contributed by atoms with Crippen LogP contribution in [0.3, 0.4) is 0 Å². The number of carbonyl (C=O) groups excluding carboxylic acids is 1. The highest BCUT2D eigenvalue weighted by Gasteiger charge is 2.23. The van der Waals surface area contributed by atoms with Crippen LogP contribution >= 0.6 is 0 Å². The summed E-state index contributed by atoms with van der Waals surface area (Å²) in [5, 5.41) is 3.19. The Balaban J connectivity index is 1.84. The molecule has 2 rings (SSSR count). The van der Waals surface area contributed by atoms with E-state index in [0.717, 1.165) is 31.7 Å². The van der Waals surface area contributed by atoms with E-state index in [0.29, 0.717) is 6.54 Å². The van der Waals surface area contributed by atoms with E-state index in [-0.39, 0.29) is 5.91 Å². The van der Waals surface area contributed by atoms with Crippen molar-refractivity contribution in [1.29, 1.82) is 0 Å². The Morgan fingerprint density at radius 2 is 2.17 bits per heavy atom. The Morgan fingerprint density at radius 3 is 2.94 bits per heavy atom. The van der Waals surface area contributed by atoms with Gasteiger partial charge in [-0.25, -0.2) is 0 Å². The first-order chi connectivity index (χ1) is 8.68. The molecule has 0 saturated carbocycles. The molecule has 98 valence electrons. The van der Waals surface area contributed by atoms with Crippen molar-refractivity contribution in [2.75, 3.05) is 45.2 Å². The summed E-state index contributed by atoms with van der Waals surface area (Å²) >= 11 is 0. The number of hydrogen-bond acceptors (Lipinski definition) is 3. The van der Waals surface area contributed by atoms with Gasteiger partial charge in [-0.1, -0.05) is 18.2 Å². The van der Waals surface area contributed by atoms with Gasteiger partial charge in [-0.15, -0.1) is 0 Å². The highest BCUT2D eigenvalue weighted by molar-refractivity contribution is 5.96. The van der Waals surface area contributed by atoms with E-state index in [1.165, 1.54) is 5.56 Å².